The van der Waals surface area contributed by atoms with Gasteiger partial charge in [0, 0.05) is 23.8 Å². The average Bonchev–Trinajstić information content (AvgIpc) is 2.31. The minimum Gasteiger partial charge on any atom is -0.398 e. The van der Waals surface area contributed by atoms with Crippen LogP contribution in [-0.2, 0) is 14.8 Å². The molecular formula is C12H19BrN2O3S. The van der Waals surface area contributed by atoms with Crippen LogP contribution >= 0.6 is 15.9 Å². The molecule has 0 aliphatic rings. The zero-order valence-electron chi connectivity index (χ0n) is 11.5. The van der Waals surface area contributed by atoms with Gasteiger partial charge in [0.15, 0.2) is 0 Å². The molecule has 0 bridgehead atoms. The lowest BCUT2D eigenvalue weighted by atomic mass is 10.1. The molecule has 0 aliphatic carbocycles. The summed E-state index contributed by atoms with van der Waals surface area (Å²) in [5.41, 5.74) is 6.17. The molecule has 0 spiro atoms. The number of halogens is 1. The van der Waals surface area contributed by atoms with Crippen LogP contribution in [0, 0.1) is 6.92 Å². The Balaban J connectivity index is 3.08. The molecule has 0 unspecified atom stereocenters. The van der Waals surface area contributed by atoms with Gasteiger partial charge in [-0.25, -0.2) is 13.1 Å². The summed E-state index contributed by atoms with van der Waals surface area (Å²) in [6.07, 6.45) is 0. The summed E-state index contributed by atoms with van der Waals surface area (Å²) >= 11 is 3.25. The Hall–Kier alpha value is -0.630. The molecule has 1 rings (SSSR count). The maximum Gasteiger partial charge on any atom is 0.241 e. The number of sulfonamides is 1. The van der Waals surface area contributed by atoms with E-state index in [0.29, 0.717) is 15.7 Å². The van der Waals surface area contributed by atoms with E-state index in [1.165, 1.54) is 13.2 Å². The number of hydrogen-bond donors (Lipinski definition) is 2. The van der Waals surface area contributed by atoms with Crippen molar-refractivity contribution in [3.63, 3.8) is 0 Å². The van der Waals surface area contributed by atoms with Crippen LogP contribution in [0.15, 0.2) is 21.5 Å². The van der Waals surface area contributed by atoms with Crippen LogP contribution in [-0.4, -0.2) is 27.7 Å². The van der Waals surface area contributed by atoms with E-state index in [4.69, 9.17) is 10.5 Å². The van der Waals surface area contributed by atoms with Crippen molar-refractivity contribution in [1.29, 1.82) is 0 Å². The summed E-state index contributed by atoms with van der Waals surface area (Å²) in [6.45, 7) is 5.46. The molecule has 0 heterocycles. The number of nitrogens with one attached hydrogen (secondary N) is 1. The zero-order valence-corrected chi connectivity index (χ0v) is 13.9. The number of ether oxygens (including phenoxy) is 1. The molecule has 1 aromatic rings. The highest BCUT2D eigenvalue weighted by atomic mass is 79.9. The summed E-state index contributed by atoms with van der Waals surface area (Å²) in [5, 5.41) is 0. The lowest BCUT2D eigenvalue weighted by molar-refractivity contribution is 0.0276. The van der Waals surface area contributed by atoms with Gasteiger partial charge in [0.25, 0.3) is 0 Å². The minimum absolute atomic E-state index is 0.172. The molecule has 0 aliphatic heterocycles. The Labute approximate surface area is 122 Å². The Bertz CT molecular complexity index is 571. The molecule has 108 valence electrons. The minimum atomic E-state index is -3.62. The lowest BCUT2D eigenvalue weighted by Crippen LogP contribution is -2.39. The Kier molecular flexibility index (Phi) is 5.00. The normalized spacial score (nSPS) is 12.7. The number of rotatable bonds is 5. The van der Waals surface area contributed by atoms with Crippen LogP contribution in [0.25, 0.3) is 0 Å². The van der Waals surface area contributed by atoms with Crippen molar-refractivity contribution >= 4 is 31.6 Å². The maximum absolute atomic E-state index is 12.3. The van der Waals surface area contributed by atoms with E-state index in [2.05, 4.69) is 20.7 Å². The number of nitrogens with two attached hydrogens (primary N) is 1. The SMILES string of the molecule is COC(C)(C)CNS(=O)(=O)c1cc(Br)cc(N)c1C. The number of nitrogen functional groups attached to an aromatic ring is 1. The highest BCUT2D eigenvalue weighted by Crippen LogP contribution is 2.26. The Morgan fingerprint density at radius 3 is 2.53 bits per heavy atom. The molecule has 3 N–H and O–H groups in total. The summed E-state index contributed by atoms with van der Waals surface area (Å²) in [5.74, 6) is 0. The molecule has 0 saturated carbocycles. The van der Waals surface area contributed by atoms with Crippen LogP contribution in [0.1, 0.15) is 19.4 Å². The first-order valence-electron chi connectivity index (χ1n) is 5.69. The fourth-order valence-electron chi connectivity index (χ4n) is 1.37. The standard InChI is InChI=1S/C12H19BrN2O3S/c1-8-10(14)5-9(13)6-11(8)19(16,17)15-7-12(2,3)18-4/h5-6,15H,7,14H2,1-4H3. The van der Waals surface area contributed by atoms with Crippen LogP contribution in [0.4, 0.5) is 5.69 Å². The molecule has 0 fully saturated rings. The summed E-state index contributed by atoms with van der Waals surface area (Å²) < 4.78 is 32.9. The molecular weight excluding hydrogens is 332 g/mol. The largest absolute Gasteiger partial charge is 0.398 e. The van der Waals surface area contributed by atoms with Gasteiger partial charge >= 0.3 is 0 Å². The molecule has 0 aromatic heterocycles. The van der Waals surface area contributed by atoms with Crippen molar-refractivity contribution in [3.05, 3.63) is 22.2 Å². The van der Waals surface area contributed by atoms with E-state index >= 15 is 0 Å². The first-order valence-corrected chi connectivity index (χ1v) is 7.97. The predicted molar refractivity (Wildman–Crippen MR) is 79.6 cm³/mol. The Morgan fingerprint density at radius 2 is 2.00 bits per heavy atom. The van der Waals surface area contributed by atoms with E-state index in [9.17, 15) is 8.42 Å². The molecule has 0 amide bonds. The third kappa shape index (κ3) is 4.17. The highest BCUT2D eigenvalue weighted by Gasteiger charge is 2.23. The molecule has 0 radical (unpaired) electrons. The van der Waals surface area contributed by atoms with Crippen LogP contribution in [0.3, 0.4) is 0 Å². The van der Waals surface area contributed by atoms with E-state index in [1.807, 2.05) is 0 Å². The van der Waals surface area contributed by atoms with Gasteiger partial charge in [-0.3, -0.25) is 0 Å². The van der Waals surface area contributed by atoms with Crippen LogP contribution < -0.4 is 10.5 Å². The van der Waals surface area contributed by atoms with Crippen LogP contribution in [0.5, 0.6) is 0 Å². The summed E-state index contributed by atoms with van der Waals surface area (Å²) in [4.78, 5) is 0.172. The van der Waals surface area contributed by atoms with Crippen molar-refractivity contribution in [2.75, 3.05) is 19.4 Å². The molecule has 0 atom stereocenters. The molecule has 5 nitrogen and oxygen atoms in total. The maximum atomic E-state index is 12.3. The van der Waals surface area contributed by atoms with Gasteiger partial charge in [-0.05, 0) is 38.5 Å². The monoisotopic (exact) mass is 350 g/mol. The van der Waals surface area contributed by atoms with Crippen molar-refractivity contribution in [3.8, 4) is 0 Å². The van der Waals surface area contributed by atoms with Gasteiger partial charge in [-0.2, -0.15) is 0 Å². The molecule has 1 aromatic carbocycles. The second-order valence-corrected chi connectivity index (χ2v) is 7.56. The molecule has 7 heteroatoms. The summed E-state index contributed by atoms with van der Waals surface area (Å²) in [6, 6.07) is 3.21. The smallest absolute Gasteiger partial charge is 0.241 e. The van der Waals surface area contributed by atoms with Gasteiger partial charge in [0.05, 0.1) is 10.5 Å². The van der Waals surface area contributed by atoms with Gasteiger partial charge in [0.1, 0.15) is 0 Å². The predicted octanol–water partition coefficient (Wildman–Crippen LogP) is 2.04. The third-order valence-corrected chi connectivity index (χ3v) is 4.88. The van der Waals surface area contributed by atoms with E-state index < -0.39 is 15.6 Å². The number of methoxy groups -OCH3 is 1. The lowest BCUT2D eigenvalue weighted by Gasteiger charge is -2.23. The second-order valence-electron chi connectivity index (χ2n) is 4.91. The fourth-order valence-corrected chi connectivity index (χ4v) is 3.50. The quantitative estimate of drug-likeness (QED) is 0.796. The average molecular weight is 351 g/mol. The van der Waals surface area contributed by atoms with Crippen molar-refractivity contribution in [1.82, 2.24) is 4.72 Å². The first kappa shape index (κ1) is 16.4. The van der Waals surface area contributed by atoms with Crippen molar-refractivity contribution in [2.24, 2.45) is 0 Å². The summed E-state index contributed by atoms with van der Waals surface area (Å²) in [7, 11) is -2.08. The number of hydrogen-bond acceptors (Lipinski definition) is 4. The van der Waals surface area contributed by atoms with Crippen molar-refractivity contribution in [2.45, 2.75) is 31.3 Å². The van der Waals surface area contributed by atoms with E-state index in [1.54, 1.807) is 26.8 Å². The highest BCUT2D eigenvalue weighted by molar-refractivity contribution is 9.10. The molecule has 0 saturated heterocycles. The number of benzene rings is 1. The topological polar surface area (TPSA) is 81.4 Å². The van der Waals surface area contributed by atoms with Crippen molar-refractivity contribution < 1.29 is 13.2 Å². The molecule has 19 heavy (non-hydrogen) atoms. The number of anilines is 1. The van der Waals surface area contributed by atoms with Gasteiger partial charge in [0.2, 0.25) is 10.0 Å². The first-order chi connectivity index (χ1) is 8.59. The van der Waals surface area contributed by atoms with Gasteiger partial charge in [-0.15, -0.1) is 0 Å². The van der Waals surface area contributed by atoms with Gasteiger partial charge in [-0.1, -0.05) is 15.9 Å². The van der Waals surface area contributed by atoms with Crippen LogP contribution in [0.2, 0.25) is 0 Å². The van der Waals surface area contributed by atoms with Gasteiger partial charge < -0.3 is 10.5 Å². The Morgan fingerprint density at radius 1 is 1.42 bits per heavy atom. The fraction of sp³-hybridized carbons (Fsp3) is 0.500. The van der Waals surface area contributed by atoms with E-state index in [0.717, 1.165) is 0 Å². The zero-order chi connectivity index (χ0) is 14.8. The second kappa shape index (κ2) is 5.78. The third-order valence-electron chi connectivity index (χ3n) is 2.89. The van der Waals surface area contributed by atoms with E-state index in [-0.39, 0.29) is 11.4 Å².